The molecule has 0 aromatic carbocycles. The van der Waals surface area contributed by atoms with Gasteiger partial charge in [-0.3, -0.25) is 0 Å². The molecule has 2 aliphatic rings. The third-order valence-electron chi connectivity index (χ3n) is 4.81. The average molecular weight is 279 g/mol. The first-order chi connectivity index (χ1) is 9.13. The van der Waals surface area contributed by atoms with Crippen LogP contribution in [0.5, 0.6) is 0 Å². The number of rotatable bonds is 3. The predicted molar refractivity (Wildman–Crippen MR) is 78.6 cm³/mol. The van der Waals surface area contributed by atoms with Crippen LogP contribution < -0.4 is 0 Å². The second kappa shape index (κ2) is 5.40. The van der Waals surface area contributed by atoms with Gasteiger partial charge >= 0.3 is 0 Å². The third-order valence-corrected chi connectivity index (χ3v) is 5.00. The Morgan fingerprint density at radius 1 is 1.00 bits per heavy atom. The average Bonchev–Trinajstić information content (AvgIpc) is 3.22. The zero-order chi connectivity index (χ0) is 13.4. The van der Waals surface area contributed by atoms with Gasteiger partial charge in [0.15, 0.2) is 0 Å². The van der Waals surface area contributed by atoms with Crippen molar-refractivity contribution in [3.63, 3.8) is 0 Å². The van der Waals surface area contributed by atoms with Gasteiger partial charge < -0.3 is 0 Å². The molecule has 1 aromatic rings. The van der Waals surface area contributed by atoms with Gasteiger partial charge in [0.1, 0.15) is 11.0 Å². The normalized spacial score (nSPS) is 27.8. The maximum Gasteiger partial charge on any atom is 0.133 e. The van der Waals surface area contributed by atoms with E-state index in [0.29, 0.717) is 17.0 Å². The van der Waals surface area contributed by atoms with Gasteiger partial charge in [-0.2, -0.15) is 0 Å². The standard InChI is InChI=1S/C16H23ClN2/c1-10(2)11-3-7-13(8-4-11)16-18-14(12-5-6-12)9-15(17)19-16/h9-13H,3-8H2,1-2H3. The maximum absolute atomic E-state index is 6.17. The summed E-state index contributed by atoms with van der Waals surface area (Å²) in [5.74, 6) is 3.90. The first-order valence-electron chi connectivity index (χ1n) is 7.68. The molecule has 104 valence electrons. The molecular formula is C16H23ClN2. The largest absolute Gasteiger partial charge is 0.237 e. The van der Waals surface area contributed by atoms with E-state index >= 15 is 0 Å². The lowest BCUT2D eigenvalue weighted by molar-refractivity contribution is 0.254. The van der Waals surface area contributed by atoms with Crippen molar-refractivity contribution in [1.82, 2.24) is 9.97 Å². The van der Waals surface area contributed by atoms with E-state index in [1.165, 1.54) is 44.2 Å². The fraction of sp³-hybridized carbons (Fsp3) is 0.750. The van der Waals surface area contributed by atoms with E-state index in [4.69, 9.17) is 16.6 Å². The fourth-order valence-electron chi connectivity index (χ4n) is 3.27. The molecule has 2 aliphatic carbocycles. The minimum atomic E-state index is 0.534. The van der Waals surface area contributed by atoms with Crippen LogP contribution in [0.3, 0.4) is 0 Å². The molecule has 0 atom stereocenters. The van der Waals surface area contributed by atoms with Crippen molar-refractivity contribution in [1.29, 1.82) is 0 Å². The Bertz CT molecular complexity index is 446. The Morgan fingerprint density at radius 2 is 1.63 bits per heavy atom. The number of hydrogen-bond acceptors (Lipinski definition) is 2. The molecule has 0 aliphatic heterocycles. The molecule has 0 unspecified atom stereocenters. The molecule has 1 heterocycles. The van der Waals surface area contributed by atoms with Gasteiger partial charge in [-0.25, -0.2) is 9.97 Å². The van der Waals surface area contributed by atoms with Crippen molar-refractivity contribution in [2.24, 2.45) is 11.8 Å². The van der Waals surface area contributed by atoms with E-state index in [0.717, 1.165) is 17.7 Å². The Hall–Kier alpha value is -0.630. The van der Waals surface area contributed by atoms with Gasteiger partial charge in [0.2, 0.25) is 0 Å². The molecule has 3 rings (SSSR count). The van der Waals surface area contributed by atoms with Gasteiger partial charge in [0, 0.05) is 17.5 Å². The van der Waals surface area contributed by atoms with Gasteiger partial charge in [0.25, 0.3) is 0 Å². The van der Waals surface area contributed by atoms with E-state index in [2.05, 4.69) is 18.8 Å². The Balaban J connectivity index is 1.72. The van der Waals surface area contributed by atoms with Crippen LogP contribution >= 0.6 is 11.6 Å². The van der Waals surface area contributed by atoms with Crippen LogP contribution in [0, 0.1) is 11.8 Å². The Morgan fingerprint density at radius 3 is 2.21 bits per heavy atom. The first kappa shape index (κ1) is 13.4. The summed E-state index contributed by atoms with van der Waals surface area (Å²) in [4.78, 5) is 9.29. The summed E-state index contributed by atoms with van der Waals surface area (Å²) in [6, 6.07) is 1.96. The monoisotopic (exact) mass is 278 g/mol. The van der Waals surface area contributed by atoms with Gasteiger partial charge in [-0.05, 0) is 56.4 Å². The molecule has 1 aromatic heterocycles. The fourth-order valence-corrected chi connectivity index (χ4v) is 3.47. The Labute approximate surface area is 121 Å². The summed E-state index contributed by atoms with van der Waals surface area (Å²) in [5, 5.41) is 0.637. The van der Waals surface area contributed by atoms with Crippen molar-refractivity contribution in [2.45, 2.75) is 64.2 Å². The molecule has 2 fully saturated rings. The maximum atomic E-state index is 6.17. The van der Waals surface area contributed by atoms with Crippen LogP contribution in [0.25, 0.3) is 0 Å². The zero-order valence-corrected chi connectivity index (χ0v) is 12.7. The van der Waals surface area contributed by atoms with E-state index in [1.54, 1.807) is 0 Å². The number of halogens is 1. The van der Waals surface area contributed by atoms with Crippen molar-refractivity contribution < 1.29 is 0 Å². The molecule has 0 N–H and O–H groups in total. The molecule has 0 bridgehead atoms. The lowest BCUT2D eigenvalue weighted by atomic mass is 9.76. The van der Waals surface area contributed by atoms with E-state index in [1.807, 2.05) is 6.07 Å². The highest BCUT2D eigenvalue weighted by atomic mass is 35.5. The molecular weight excluding hydrogens is 256 g/mol. The van der Waals surface area contributed by atoms with Crippen LogP contribution in [-0.2, 0) is 0 Å². The first-order valence-corrected chi connectivity index (χ1v) is 8.05. The summed E-state index contributed by atoms with van der Waals surface area (Å²) >= 11 is 6.17. The molecule has 3 heteroatoms. The highest BCUT2D eigenvalue weighted by molar-refractivity contribution is 6.29. The van der Waals surface area contributed by atoms with Crippen LogP contribution in [0.2, 0.25) is 5.15 Å². The molecule has 0 radical (unpaired) electrons. The smallest absolute Gasteiger partial charge is 0.133 e. The van der Waals surface area contributed by atoms with Crippen molar-refractivity contribution in [2.75, 3.05) is 0 Å². The van der Waals surface area contributed by atoms with Gasteiger partial charge in [-0.1, -0.05) is 25.4 Å². The van der Waals surface area contributed by atoms with Crippen molar-refractivity contribution in [3.05, 3.63) is 22.7 Å². The lowest BCUT2D eigenvalue weighted by Gasteiger charge is -2.30. The zero-order valence-electron chi connectivity index (χ0n) is 11.9. The minimum Gasteiger partial charge on any atom is -0.237 e. The van der Waals surface area contributed by atoms with Crippen molar-refractivity contribution >= 4 is 11.6 Å². The highest BCUT2D eigenvalue weighted by Crippen LogP contribution is 2.41. The topological polar surface area (TPSA) is 25.8 Å². The summed E-state index contributed by atoms with van der Waals surface area (Å²) in [6.07, 6.45) is 7.63. The predicted octanol–water partition coefficient (Wildman–Crippen LogP) is 4.94. The van der Waals surface area contributed by atoms with Gasteiger partial charge in [0.05, 0.1) is 0 Å². The number of aromatic nitrogens is 2. The SMILES string of the molecule is CC(C)C1CCC(c2nc(Cl)cc(C3CC3)n2)CC1. The quantitative estimate of drug-likeness (QED) is 0.732. The second-order valence-corrected chi connectivity index (χ2v) is 6.99. The molecule has 0 amide bonds. The summed E-state index contributed by atoms with van der Waals surface area (Å²) in [7, 11) is 0. The Kier molecular flexibility index (Phi) is 3.79. The minimum absolute atomic E-state index is 0.534. The molecule has 2 saturated carbocycles. The lowest BCUT2D eigenvalue weighted by Crippen LogP contribution is -2.19. The van der Waals surface area contributed by atoms with Crippen LogP contribution in [0.1, 0.15) is 75.7 Å². The molecule has 2 nitrogen and oxygen atoms in total. The van der Waals surface area contributed by atoms with Gasteiger partial charge in [-0.15, -0.1) is 0 Å². The van der Waals surface area contributed by atoms with Crippen molar-refractivity contribution in [3.8, 4) is 0 Å². The number of hydrogen-bond donors (Lipinski definition) is 0. The van der Waals surface area contributed by atoms with E-state index in [-0.39, 0.29) is 0 Å². The summed E-state index contributed by atoms with van der Waals surface area (Å²) in [6.45, 7) is 4.68. The van der Waals surface area contributed by atoms with Crippen LogP contribution in [0.15, 0.2) is 6.07 Å². The summed E-state index contributed by atoms with van der Waals surface area (Å²) < 4.78 is 0. The second-order valence-electron chi connectivity index (χ2n) is 6.60. The van der Waals surface area contributed by atoms with Crippen LogP contribution in [-0.4, -0.2) is 9.97 Å². The van der Waals surface area contributed by atoms with E-state index < -0.39 is 0 Å². The molecule has 0 saturated heterocycles. The molecule has 19 heavy (non-hydrogen) atoms. The van der Waals surface area contributed by atoms with Crippen LogP contribution in [0.4, 0.5) is 0 Å². The highest BCUT2D eigenvalue weighted by Gasteiger charge is 2.29. The third kappa shape index (κ3) is 3.10. The molecule has 0 spiro atoms. The summed E-state index contributed by atoms with van der Waals surface area (Å²) in [5.41, 5.74) is 1.18. The van der Waals surface area contributed by atoms with E-state index in [9.17, 15) is 0 Å². The number of nitrogens with zero attached hydrogens (tertiary/aromatic N) is 2.